The van der Waals surface area contributed by atoms with Crippen LogP contribution in [0.15, 0.2) is 41.0 Å². The normalized spacial score (nSPS) is 13.0. The summed E-state index contributed by atoms with van der Waals surface area (Å²) < 4.78 is 5.06. The molecular weight excluding hydrogens is 365 g/mol. The number of carbonyl (C=O) groups is 2. The van der Waals surface area contributed by atoms with E-state index in [-0.39, 0.29) is 30.6 Å². The largest absolute Gasteiger partial charge is 0.459 e. The van der Waals surface area contributed by atoms with Crippen LogP contribution >= 0.6 is 24.0 Å². The molecule has 0 spiro atoms. The molecule has 0 unspecified atom stereocenters. The molecule has 2 aromatic rings. The lowest BCUT2D eigenvalue weighted by molar-refractivity contribution is -0.115. The SMILES string of the molecule is Cl.O=C(CNCC1CC1)Nc1ccc(Cl)cc1NC(=O)c1ccco1. The van der Waals surface area contributed by atoms with Gasteiger partial charge in [0.2, 0.25) is 5.91 Å². The second-order valence-corrected chi connectivity index (χ2v) is 6.18. The zero-order chi connectivity index (χ0) is 16.9. The van der Waals surface area contributed by atoms with E-state index in [0.717, 1.165) is 6.54 Å². The molecule has 3 N–H and O–H groups in total. The molecular formula is C17H19Cl2N3O3. The smallest absolute Gasteiger partial charge is 0.291 e. The third-order valence-electron chi connectivity index (χ3n) is 3.66. The minimum absolute atomic E-state index is 0. The van der Waals surface area contributed by atoms with E-state index in [1.807, 2.05) is 0 Å². The molecule has 6 nitrogen and oxygen atoms in total. The van der Waals surface area contributed by atoms with Gasteiger partial charge in [-0.2, -0.15) is 0 Å². The summed E-state index contributed by atoms with van der Waals surface area (Å²) in [5.74, 6) is 0.297. The molecule has 134 valence electrons. The molecule has 8 heteroatoms. The van der Waals surface area contributed by atoms with Gasteiger partial charge in [0.15, 0.2) is 5.76 Å². The third kappa shape index (κ3) is 5.77. The van der Waals surface area contributed by atoms with Crippen LogP contribution in [0.3, 0.4) is 0 Å². The number of halogens is 2. The van der Waals surface area contributed by atoms with Gasteiger partial charge in [0, 0.05) is 5.02 Å². The van der Waals surface area contributed by atoms with Crippen molar-refractivity contribution in [2.75, 3.05) is 23.7 Å². The fourth-order valence-corrected chi connectivity index (χ4v) is 2.40. The molecule has 0 aliphatic heterocycles. The minimum Gasteiger partial charge on any atom is -0.459 e. The molecule has 0 saturated heterocycles. The summed E-state index contributed by atoms with van der Waals surface area (Å²) in [6.45, 7) is 1.08. The van der Waals surface area contributed by atoms with E-state index in [1.54, 1.807) is 30.3 Å². The van der Waals surface area contributed by atoms with Gasteiger partial charge in [-0.15, -0.1) is 12.4 Å². The number of amides is 2. The molecule has 0 bridgehead atoms. The van der Waals surface area contributed by atoms with Crippen molar-refractivity contribution in [2.24, 2.45) is 5.92 Å². The Kier molecular flexibility index (Phi) is 6.87. The number of benzene rings is 1. The van der Waals surface area contributed by atoms with Crippen molar-refractivity contribution in [1.82, 2.24) is 5.32 Å². The maximum Gasteiger partial charge on any atom is 0.291 e. The van der Waals surface area contributed by atoms with Crippen LogP contribution in [0.5, 0.6) is 0 Å². The van der Waals surface area contributed by atoms with Crippen LogP contribution in [0.25, 0.3) is 0 Å². The lowest BCUT2D eigenvalue weighted by Crippen LogP contribution is -2.29. The Labute approximate surface area is 156 Å². The minimum atomic E-state index is -0.412. The van der Waals surface area contributed by atoms with E-state index in [2.05, 4.69) is 16.0 Å². The average molecular weight is 384 g/mol. The van der Waals surface area contributed by atoms with Crippen molar-refractivity contribution in [3.63, 3.8) is 0 Å². The quantitative estimate of drug-likeness (QED) is 0.682. The average Bonchev–Trinajstić information content (AvgIpc) is 3.20. The number of hydrogen-bond donors (Lipinski definition) is 3. The third-order valence-corrected chi connectivity index (χ3v) is 3.90. The van der Waals surface area contributed by atoms with Crippen LogP contribution in [0.1, 0.15) is 23.4 Å². The second kappa shape index (κ2) is 8.89. The fourth-order valence-electron chi connectivity index (χ4n) is 2.23. The van der Waals surface area contributed by atoms with Crippen molar-refractivity contribution in [2.45, 2.75) is 12.8 Å². The van der Waals surface area contributed by atoms with Gasteiger partial charge in [0.25, 0.3) is 5.91 Å². The monoisotopic (exact) mass is 383 g/mol. The van der Waals surface area contributed by atoms with Crippen LogP contribution < -0.4 is 16.0 Å². The Balaban J connectivity index is 0.00000225. The van der Waals surface area contributed by atoms with E-state index in [1.165, 1.54) is 19.1 Å². The molecule has 3 rings (SSSR count). The van der Waals surface area contributed by atoms with Gasteiger partial charge in [0.1, 0.15) is 0 Å². The van der Waals surface area contributed by atoms with Gasteiger partial charge in [-0.05, 0) is 55.6 Å². The number of hydrogen-bond acceptors (Lipinski definition) is 4. The predicted molar refractivity (Wildman–Crippen MR) is 99.6 cm³/mol. The molecule has 1 heterocycles. The van der Waals surface area contributed by atoms with Gasteiger partial charge < -0.3 is 20.4 Å². The predicted octanol–water partition coefficient (Wildman–Crippen LogP) is 3.55. The summed E-state index contributed by atoms with van der Waals surface area (Å²) in [5.41, 5.74) is 0.900. The van der Waals surface area contributed by atoms with E-state index in [9.17, 15) is 9.59 Å². The first-order valence-corrected chi connectivity index (χ1v) is 8.14. The van der Waals surface area contributed by atoms with Crippen LogP contribution in [0.4, 0.5) is 11.4 Å². The number of furan rings is 1. The highest BCUT2D eigenvalue weighted by Gasteiger charge is 2.20. The van der Waals surface area contributed by atoms with Gasteiger partial charge in [-0.3, -0.25) is 9.59 Å². The zero-order valence-electron chi connectivity index (χ0n) is 13.4. The lowest BCUT2D eigenvalue weighted by Gasteiger charge is -2.12. The highest BCUT2D eigenvalue weighted by Crippen LogP contribution is 2.28. The molecule has 0 atom stereocenters. The van der Waals surface area contributed by atoms with E-state index in [0.29, 0.717) is 22.3 Å². The highest BCUT2D eigenvalue weighted by atomic mass is 35.5. The molecule has 1 aliphatic carbocycles. The first-order chi connectivity index (χ1) is 11.6. The second-order valence-electron chi connectivity index (χ2n) is 5.74. The Morgan fingerprint density at radius 1 is 1.16 bits per heavy atom. The lowest BCUT2D eigenvalue weighted by atomic mass is 10.2. The van der Waals surface area contributed by atoms with Crippen molar-refractivity contribution in [3.8, 4) is 0 Å². The summed E-state index contributed by atoms with van der Waals surface area (Å²) in [7, 11) is 0. The topological polar surface area (TPSA) is 83.4 Å². The number of rotatable bonds is 7. The molecule has 1 aromatic carbocycles. The van der Waals surface area contributed by atoms with Crippen molar-refractivity contribution in [3.05, 3.63) is 47.4 Å². The summed E-state index contributed by atoms with van der Waals surface area (Å²) in [6, 6.07) is 8.06. The first kappa shape index (κ1) is 19.3. The Morgan fingerprint density at radius 2 is 1.96 bits per heavy atom. The number of nitrogens with one attached hydrogen (secondary N) is 3. The molecule has 1 saturated carbocycles. The summed E-state index contributed by atoms with van der Waals surface area (Å²) in [5, 5.41) is 9.04. The molecule has 1 fully saturated rings. The van der Waals surface area contributed by atoms with Crippen molar-refractivity contribution < 1.29 is 14.0 Å². The van der Waals surface area contributed by atoms with Crippen LogP contribution in [-0.4, -0.2) is 24.9 Å². The number of carbonyl (C=O) groups excluding carboxylic acids is 2. The van der Waals surface area contributed by atoms with E-state index < -0.39 is 5.91 Å². The molecule has 25 heavy (non-hydrogen) atoms. The summed E-state index contributed by atoms with van der Waals surface area (Å²) in [6.07, 6.45) is 3.88. The Morgan fingerprint density at radius 3 is 2.64 bits per heavy atom. The summed E-state index contributed by atoms with van der Waals surface area (Å²) in [4.78, 5) is 24.1. The van der Waals surface area contributed by atoms with Crippen LogP contribution in [0, 0.1) is 5.92 Å². The first-order valence-electron chi connectivity index (χ1n) is 7.77. The zero-order valence-corrected chi connectivity index (χ0v) is 15.0. The van der Waals surface area contributed by atoms with E-state index in [4.69, 9.17) is 16.0 Å². The van der Waals surface area contributed by atoms with E-state index >= 15 is 0 Å². The molecule has 0 radical (unpaired) electrons. The summed E-state index contributed by atoms with van der Waals surface area (Å²) >= 11 is 5.99. The highest BCUT2D eigenvalue weighted by molar-refractivity contribution is 6.31. The molecule has 1 aliphatic rings. The van der Waals surface area contributed by atoms with Gasteiger partial charge in [-0.1, -0.05) is 11.6 Å². The maximum absolute atomic E-state index is 12.1. The van der Waals surface area contributed by atoms with Crippen molar-refractivity contribution in [1.29, 1.82) is 0 Å². The molecule has 1 aromatic heterocycles. The Bertz CT molecular complexity index is 731. The molecule has 2 amide bonds. The fraction of sp³-hybridized carbons (Fsp3) is 0.294. The van der Waals surface area contributed by atoms with Crippen LogP contribution in [-0.2, 0) is 4.79 Å². The van der Waals surface area contributed by atoms with Gasteiger partial charge in [-0.25, -0.2) is 0 Å². The van der Waals surface area contributed by atoms with Gasteiger partial charge in [0.05, 0.1) is 24.2 Å². The standard InChI is InChI=1S/C17H18ClN3O3.ClH/c18-12-5-6-13(20-16(22)10-19-9-11-3-4-11)14(8-12)21-17(23)15-2-1-7-24-15;/h1-2,5-8,11,19H,3-4,9-10H2,(H,20,22)(H,21,23);1H. The van der Waals surface area contributed by atoms with Crippen molar-refractivity contribution >= 4 is 47.2 Å². The van der Waals surface area contributed by atoms with Gasteiger partial charge >= 0.3 is 0 Å². The maximum atomic E-state index is 12.1. The van der Waals surface area contributed by atoms with Crippen LogP contribution in [0.2, 0.25) is 5.02 Å². The number of anilines is 2. The Hall–Kier alpha value is -2.02.